The monoisotopic (exact) mass is 110 g/mol. The van der Waals surface area contributed by atoms with Crippen molar-refractivity contribution in [1.82, 2.24) is 0 Å². The van der Waals surface area contributed by atoms with Gasteiger partial charge in [-0.1, -0.05) is 26.0 Å². The molecule has 0 nitrogen and oxygen atoms in total. The van der Waals surface area contributed by atoms with Crippen molar-refractivity contribution in [1.29, 1.82) is 0 Å². The first-order chi connectivity index (χ1) is 3.84. The zero-order valence-electron chi connectivity index (χ0n) is 5.72. The van der Waals surface area contributed by atoms with Gasteiger partial charge in [-0.05, 0) is 24.7 Å². The molecule has 0 aromatic heterocycles. The van der Waals surface area contributed by atoms with Crippen LogP contribution in [-0.2, 0) is 0 Å². The molecule has 0 heterocycles. The van der Waals surface area contributed by atoms with Gasteiger partial charge in [0.2, 0.25) is 0 Å². The molecule has 0 unspecified atom stereocenters. The van der Waals surface area contributed by atoms with Crippen LogP contribution in [-0.4, -0.2) is 0 Å². The van der Waals surface area contributed by atoms with Gasteiger partial charge in [0.05, 0.1) is 0 Å². The molecule has 8 heavy (non-hydrogen) atoms. The first-order valence-electron chi connectivity index (χ1n) is 3.51. The van der Waals surface area contributed by atoms with E-state index in [-0.39, 0.29) is 0 Å². The lowest BCUT2D eigenvalue weighted by atomic mass is 9.96. The van der Waals surface area contributed by atoms with E-state index in [9.17, 15) is 0 Å². The summed E-state index contributed by atoms with van der Waals surface area (Å²) in [6.45, 7) is 4.59. The summed E-state index contributed by atoms with van der Waals surface area (Å²) in [6.07, 6.45) is 7.28. The smallest absolute Gasteiger partial charge is 0.0207 e. The molecule has 0 saturated heterocycles. The molecule has 0 radical (unpaired) electrons. The van der Waals surface area contributed by atoms with Crippen LogP contribution < -0.4 is 0 Å². The predicted octanol–water partition coefficient (Wildman–Crippen LogP) is 2.61. The maximum atomic E-state index is 2.35. The predicted molar refractivity (Wildman–Crippen MR) is 36.7 cm³/mol. The maximum absolute atomic E-state index is 2.35. The second-order valence-electron chi connectivity index (χ2n) is 2.71. The number of hydrogen-bond donors (Lipinski definition) is 0. The molecule has 0 spiro atoms. The Morgan fingerprint density at radius 1 is 1.62 bits per heavy atom. The largest absolute Gasteiger partial charge is 0.0880 e. The van der Waals surface area contributed by atoms with Crippen molar-refractivity contribution in [2.24, 2.45) is 11.8 Å². The maximum Gasteiger partial charge on any atom is -0.0207 e. The van der Waals surface area contributed by atoms with Gasteiger partial charge in [0.25, 0.3) is 0 Å². The molecule has 1 aliphatic carbocycles. The zero-order chi connectivity index (χ0) is 5.98. The molecule has 46 valence electrons. The summed E-state index contributed by atoms with van der Waals surface area (Å²) in [6, 6.07) is 0. The van der Waals surface area contributed by atoms with Crippen molar-refractivity contribution in [2.45, 2.75) is 26.7 Å². The third kappa shape index (κ3) is 0.936. The summed E-state index contributed by atoms with van der Waals surface area (Å²) in [5.41, 5.74) is 0. The van der Waals surface area contributed by atoms with Gasteiger partial charge in [-0.2, -0.15) is 0 Å². The Kier molecular flexibility index (Phi) is 1.72. The lowest BCUT2D eigenvalue weighted by Gasteiger charge is -2.09. The van der Waals surface area contributed by atoms with E-state index in [4.69, 9.17) is 0 Å². The first-order valence-corrected chi connectivity index (χ1v) is 3.51. The van der Waals surface area contributed by atoms with Crippen molar-refractivity contribution < 1.29 is 0 Å². The Morgan fingerprint density at radius 3 is 2.62 bits per heavy atom. The summed E-state index contributed by atoms with van der Waals surface area (Å²) in [4.78, 5) is 0. The minimum absolute atomic E-state index is 0.884. The highest BCUT2D eigenvalue weighted by atomic mass is 14.2. The van der Waals surface area contributed by atoms with E-state index < -0.39 is 0 Å². The van der Waals surface area contributed by atoms with Gasteiger partial charge in [-0.15, -0.1) is 0 Å². The number of rotatable bonds is 1. The van der Waals surface area contributed by atoms with E-state index in [1.54, 1.807) is 0 Å². The molecule has 0 aromatic rings. The molecular formula is C8H14. The van der Waals surface area contributed by atoms with Crippen LogP contribution in [0.2, 0.25) is 0 Å². The van der Waals surface area contributed by atoms with E-state index in [0.717, 1.165) is 11.8 Å². The Hall–Kier alpha value is -0.260. The molecule has 0 aliphatic heterocycles. The van der Waals surface area contributed by atoms with Crippen LogP contribution in [0.3, 0.4) is 0 Å². The summed E-state index contributed by atoms with van der Waals surface area (Å²) in [7, 11) is 0. The average Bonchev–Trinajstić information content (AvgIpc) is 2.14. The summed E-state index contributed by atoms with van der Waals surface area (Å²) < 4.78 is 0. The van der Waals surface area contributed by atoms with E-state index in [1.165, 1.54) is 12.8 Å². The van der Waals surface area contributed by atoms with Crippen LogP contribution in [0.5, 0.6) is 0 Å². The summed E-state index contributed by atoms with van der Waals surface area (Å²) in [5, 5.41) is 0. The van der Waals surface area contributed by atoms with E-state index in [1.807, 2.05) is 0 Å². The fraction of sp³-hybridized carbons (Fsp3) is 0.750. The minimum atomic E-state index is 0.884. The number of allylic oxidation sites excluding steroid dienone is 2. The molecule has 2 atom stereocenters. The third-order valence-corrected chi connectivity index (χ3v) is 2.09. The Bertz CT molecular complexity index is 92.2. The third-order valence-electron chi connectivity index (χ3n) is 2.09. The second-order valence-corrected chi connectivity index (χ2v) is 2.71. The fourth-order valence-corrected chi connectivity index (χ4v) is 1.37. The fourth-order valence-electron chi connectivity index (χ4n) is 1.37. The Morgan fingerprint density at radius 2 is 2.38 bits per heavy atom. The van der Waals surface area contributed by atoms with Crippen molar-refractivity contribution in [3.8, 4) is 0 Å². The van der Waals surface area contributed by atoms with Crippen LogP contribution >= 0.6 is 0 Å². The van der Waals surface area contributed by atoms with Crippen molar-refractivity contribution in [3.63, 3.8) is 0 Å². The Balaban J connectivity index is 2.41. The molecule has 0 fully saturated rings. The lowest BCUT2D eigenvalue weighted by Crippen LogP contribution is -2.00. The zero-order valence-corrected chi connectivity index (χ0v) is 5.72. The molecule has 0 saturated carbocycles. The average molecular weight is 110 g/mol. The van der Waals surface area contributed by atoms with Gasteiger partial charge >= 0.3 is 0 Å². The molecule has 0 bridgehead atoms. The van der Waals surface area contributed by atoms with Gasteiger partial charge in [0.1, 0.15) is 0 Å². The van der Waals surface area contributed by atoms with Gasteiger partial charge in [-0.3, -0.25) is 0 Å². The van der Waals surface area contributed by atoms with E-state index >= 15 is 0 Å². The number of hydrogen-bond acceptors (Lipinski definition) is 0. The van der Waals surface area contributed by atoms with Crippen molar-refractivity contribution in [3.05, 3.63) is 12.2 Å². The van der Waals surface area contributed by atoms with Gasteiger partial charge < -0.3 is 0 Å². The van der Waals surface area contributed by atoms with Gasteiger partial charge in [0.15, 0.2) is 0 Å². The molecular weight excluding hydrogens is 96.1 g/mol. The topological polar surface area (TPSA) is 0 Å². The highest BCUT2D eigenvalue weighted by molar-refractivity contribution is 4.98. The molecule has 0 heteroatoms. The summed E-state index contributed by atoms with van der Waals surface area (Å²) in [5.74, 6) is 1.80. The van der Waals surface area contributed by atoms with E-state index in [2.05, 4.69) is 26.0 Å². The van der Waals surface area contributed by atoms with Crippen LogP contribution in [0.15, 0.2) is 12.2 Å². The van der Waals surface area contributed by atoms with Gasteiger partial charge in [0, 0.05) is 0 Å². The quantitative estimate of drug-likeness (QED) is 0.455. The SMILES string of the molecule is CC[C@H]1C=CC[C@@H]1C. The normalized spacial score (nSPS) is 36.2. The van der Waals surface area contributed by atoms with Gasteiger partial charge in [-0.25, -0.2) is 0 Å². The van der Waals surface area contributed by atoms with Crippen LogP contribution in [0, 0.1) is 11.8 Å². The molecule has 1 rings (SSSR count). The van der Waals surface area contributed by atoms with Crippen molar-refractivity contribution >= 4 is 0 Å². The van der Waals surface area contributed by atoms with Crippen molar-refractivity contribution in [2.75, 3.05) is 0 Å². The first kappa shape index (κ1) is 5.87. The highest BCUT2D eigenvalue weighted by Crippen LogP contribution is 2.26. The lowest BCUT2D eigenvalue weighted by molar-refractivity contribution is 0.450. The summed E-state index contributed by atoms with van der Waals surface area (Å²) >= 11 is 0. The Labute approximate surface area is 51.6 Å². The molecule has 0 aromatic carbocycles. The highest BCUT2D eigenvalue weighted by Gasteiger charge is 2.14. The second kappa shape index (κ2) is 2.34. The van der Waals surface area contributed by atoms with Crippen LogP contribution in [0.25, 0.3) is 0 Å². The van der Waals surface area contributed by atoms with E-state index in [0.29, 0.717) is 0 Å². The van der Waals surface area contributed by atoms with Crippen LogP contribution in [0.4, 0.5) is 0 Å². The van der Waals surface area contributed by atoms with Crippen LogP contribution in [0.1, 0.15) is 26.7 Å². The minimum Gasteiger partial charge on any atom is -0.0880 e. The standard InChI is InChI=1S/C8H14/c1-3-8-6-4-5-7(8)2/h4,6-8H,3,5H2,1-2H3/t7-,8-/m0/s1. The molecule has 1 aliphatic rings. The molecule has 0 amide bonds. The molecule has 0 N–H and O–H groups in total.